The lowest BCUT2D eigenvalue weighted by molar-refractivity contribution is 0.0378. The minimum absolute atomic E-state index is 0.456. The molecular formula is C19H21ClN4O. The number of halogens is 1. The molecule has 0 unspecified atom stereocenters. The van der Waals surface area contributed by atoms with Crippen molar-refractivity contribution >= 4 is 22.5 Å². The van der Waals surface area contributed by atoms with E-state index in [1.807, 2.05) is 25.1 Å². The van der Waals surface area contributed by atoms with Gasteiger partial charge in [-0.1, -0.05) is 11.6 Å². The van der Waals surface area contributed by atoms with Crippen LogP contribution in [0, 0.1) is 0 Å². The second-order valence-electron chi connectivity index (χ2n) is 7.06. The molecule has 1 aromatic carbocycles. The maximum Gasteiger partial charge on any atom is 0.115 e. The summed E-state index contributed by atoms with van der Waals surface area (Å²) in [6.07, 6.45) is 5.79. The highest BCUT2D eigenvalue weighted by atomic mass is 35.5. The van der Waals surface area contributed by atoms with Gasteiger partial charge in [-0.15, -0.1) is 0 Å². The van der Waals surface area contributed by atoms with Crippen molar-refractivity contribution in [1.29, 1.82) is 0 Å². The van der Waals surface area contributed by atoms with Gasteiger partial charge in [-0.25, -0.2) is 9.97 Å². The highest BCUT2D eigenvalue weighted by Crippen LogP contribution is 2.34. The van der Waals surface area contributed by atoms with E-state index in [4.69, 9.17) is 11.6 Å². The fourth-order valence-electron chi connectivity index (χ4n) is 3.71. The predicted octanol–water partition coefficient (Wildman–Crippen LogP) is 2.98. The zero-order chi connectivity index (χ0) is 17.6. The molecule has 5 nitrogen and oxygen atoms in total. The summed E-state index contributed by atoms with van der Waals surface area (Å²) in [6, 6.07) is 6.00. The van der Waals surface area contributed by atoms with Crippen molar-refractivity contribution < 1.29 is 5.11 Å². The molecule has 0 fully saturated rings. The molecule has 0 aliphatic carbocycles. The zero-order valence-corrected chi connectivity index (χ0v) is 15.2. The number of aliphatic hydroxyl groups is 1. The normalized spacial score (nSPS) is 17.4. The van der Waals surface area contributed by atoms with E-state index >= 15 is 0 Å². The zero-order valence-electron chi connectivity index (χ0n) is 14.4. The molecule has 0 saturated heterocycles. The van der Waals surface area contributed by atoms with Crippen molar-refractivity contribution in [2.45, 2.75) is 32.0 Å². The van der Waals surface area contributed by atoms with Crippen LogP contribution in [0.4, 0.5) is 0 Å². The van der Waals surface area contributed by atoms with Crippen LogP contribution < -0.4 is 0 Å². The van der Waals surface area contributed by atoms with Gasteiger partial charge in [-0.2, -0.15) is 0 Å². The number of aromatic nitrogens is 3. The summed E-state index contributed by atoms with van der Waals surface area (Å²) < 4.78 is 2.24. The number of nitrogens with zero attached hydrogens (tertiary/aromatic N) is 4. The van der Waals surface area contributed by atoms with Crippen molar-refractivity contribution in [1.82, 2.24) is 19.4 Å². The highest BCUT2D eigenvalue weighted by molar-refractivity contribution is 6.31. The summed E-state index contributed by atoms with van der Waals surface area (Å²) in [5.74, 6) is 0. The first-order valence-corrected chi connectivity index (χ1v) is 8.79. The van der Waals surface area contributed by atoms with Crippen molar-refractivity contribution in [3.63, 3.8) is 0 Å². The quantitative estimate of drug-likeness (QED) is 0.784. The van der Waals surface area contributed by atoms with E-state index in [1.165, 1.54) is 23.0 Å². The highest BCUT2D eigenvalue weighted by Gasteiger charge is 2.29. The predicted molar refractivity (Wildman–Crippen MR) is 98.6 cm³/mol. The second kappa shape index (κ2) is 6.09. The monoisotopic (exact) mass is 356 g/mol. The third-order valence-corrected chi connectivity index (χ3v) is 5.29. The number of hydrogen-bond acceptors (Lipinski definition) is 4. The first-order valence-electron chi connectivity index (χ1n) is 8.41. The minimum Gasteiger partial charge on any atom is -0.383 e. The summed E-state index contributed by atoms with van der Waals surface area (Å²) >= 11 is 6.25. The number of benzene rings is 1. The Hall–Kier alpha value is -1.95. The third kappa shape index (κ3) is 2.92. The van der Waals surface area contributed by atoms with E-state index < -0.39 is 5.60 Å². The van der Waals surface area contributed by atoms with Gasteiger partial charge in [0.1, 0.15) is 11.9 Å². The van der Waals surface area contributed by atoms with E-state index in [9.17, 15) is 5.11 Å². The van der Waals surface area contributed by atoms with Crippen LogP contribution in [-0.2, 0) is 25.1 Å². The van der Waals surface area contributed by atoms with Gasteiger partial charge in [-0.3, -0.25) is 0 Å². The van der Waals surface area contributed by atoms with Crippen LogP contribution in [0.15, 0.2) is 36.9 Å². The van der Waals surface area contributed by atoms with Gasteiger partial charge in [0, 0.05) is 59.1 Å². The van der Waals surface area contributed by atoms with Gasteiger partial charge in [0.2, 0.25) is 0 Å². The summed E-state index contributed by atoms with van der Waals surface area (Å²) in [7, 11) is 2.13. The molecule has 3 aromatic rings. The molecule has 25 heavy (non-hydrogen) atoms. The van der Waals surface area contributed by atoms with Crippen LogP contribution in [-0.4, -0.2) is 38.1 Å². The molecule has 1 N–H and O–H groups in total. The van der Waals surface area contributed by atoms with Crippen molar-refractivity contribution in [2.75, 3.05) is 13.6 Å². The van der Waals surface area contributed by atoms with Gasteiger partial charge in [-0.05, 0) is 37.7 Å². The van der Waals surface area contributed by atoms with Crippen molar-refractivity contribution in [2.24, 2.45) is 0 Å². The molecule has 4 rings (SSSR count). The first kappa shape index (κ1) is 16.5. The Morgan fingerprint density at radius 2 is 2.04 bits per heavy atom. The number of likely N-dealkylation sites (N-methyl/N-ethyl adjacent to an activating group) is 1. The van der Waals surface area contributed by atoms with Gasteiger partial charge in [0.05, 0.1) is 6.54 Å². The molecule has 0 radical (unpaired) electrons. The fourth-order valence-corrected chi connectivity index (χ4v) is 3.89. The molecule has 2 aromatic heterocycles. The topological polar surface area (TPSA) is 54.2 Å². The van der Waals surface area contributed by atoms with Crippen LogP contribution in [0.25, 0.3) is 10.9 Å². The molecule has 6 heteroatoms. The van der Waals surface area contributed by atoms with Gasteiger partial charge >= 0.3 is 0 Å². The van der Waals surface area contributed by atoms with Gasteiger partial charge in [0.25, 0.3) is 0 Å². The molecule has 130 valence electrons. The minimum atomic E-state index is -1.05. The molecule has 0 bridgehead atoms. The van der Waals surface area contributed by atoms with Crippen LogP contribution in [0.1, 0.15) is 23.7 Å². The van der Waals surface area contributed by atoms with E-state index in [0.29, 0.717) is 12.1 Å². The fraction of sp³-hybridized carbons (Fsp3) is 0.368. The van der Waals surface area contributed by atoms with Crippen molar-refractivity contribution in [3.05, 3.63) is 58.8 Å². The molecular weight excluding hydrogens is 336 g/mol. The summed E-state index contributed by atoms with van der Waals surface area (Å²) in [5.41, 5.74) is 3.37. The lowest BCUT2D eigenvalue weighted by atomic mass is 9.98. The van der Waals surface area contributed by atoms with E-state index in [-0.39, 0.29) is 0 Å². The molecule has 0 saturated carbocycles. The van der Waals surface area contributed by atoms with E-state index in [2.05, 4.69) is 26.5 Å². The van der Waals surface area contributed by atoms with E-state index in [1.54, 1.807) is 12.4 Å². The maximum absolute atomic E-state index is 11.1. The second-order valence-corrected chi connectivity index (χ2v) is 7.50. The summed E-state index contributed by atoms with van der Waals surface area (Å²) in [5, 5.41) is 13.0. The largest absolute Gasteiger partial charge is 0.383 e. The van der Waals surface area contributed by atoms with Crippen molar-refractivity contribution in [3.8, 4) is 0 Å². The molecule has 1 aliphatic rings. The molecule has 1 aliphatic heterocycles. The standard InChI is InChI=1S/C19H21ClN4O/c1-19(25,13-8-21-12-22-9-13)11-24-17-4-3-14(20)7-15(17)16-10-23(2)6-5-18(16)24/h3-4,7-9,12,25H,5-6,10-11H2,1-2H3/t19-/m0/s1. The third-order valence-electron chi connectivity index (χ3n) is 5.06. The SMILES string of the molecule is CN1CCc2c(c3cc(Cl)ccc3n2C[C@](C)(O)c2cncnc2)C1. The Morgan fingerprint density at radius 3 is 2.80 bits per heavy atom. The average molecular weight is 357 g/mol. The number of rotatable bonds is 3. The van der Waals surface area contributed by atoms with Crippen LogP contribution in [0.3, 0.4) is 0 Å². The van der Waals surface area contributed by atoms with Gasteiger partial charge < -0.3 is 14.6 Å². The summed E-state index contributed by atoms with van der Waals surface area (Å²) in [6.45, 7) is 4.18. The Kier molecular flexibility index (Phi) is 4.02. The first-order chi connectivity index (χ1) is 12.0. The molecule has 0 spiro atoms. The smallest absolute Gasteiger partial charge is 0.115 e. The van der Waals surface area contributed by atoms with Crippen LogP contribution in [0.2, 0.25) is 5.02 Å². The Balaban J connectivity index is 1.85. The lowest BCUT2D eigenvalue weighted by Gasteiger charge is -2.28. The lowest BCUT2D eigenvalue weighted by Crippen LogP contribution is -2.31. The maximum atomic E-state index is 11.1. The molecule has 1 atom stereocenters. The Labute approximate surface area is 151 Å². The van der Waals surface area contributed by atoms with Crippen LogP contribution in [0.5, 0.6) is 0 Å². The van der Waals surface area contributed by atoms with E-state index in [0.717, 1.165) is 30.0 Å². The molecule has 3 heterocycles. The Morgan fingerprint density at radius 1 is 1.28 bits per heavy atom. The van der Waals surface area contributed by atoms with Gasteiger partial charge in [0.15, 0.2) is 0 Å². The number of hydrogen-bond donors (Lipinski definition) is 1. The number of fused-ring (bicyclic) bond motifs is 3. The Bertz CT molecular complexity index is 920. The average Bonchev–Trinajstić information content (AvgIpc) is 2.88. The summed E-state index contributed by atoms with van der Waals surface area (Å²) in [4.78, 5) is 10.4. The molecule has 0 amide bonds. The van der Waals surface area contributed by atoms with Crippen LogP contribution >= 0.6 is 11.6 Å².